The van der Waals surface area contributed by atoms with Crippen molar-refractivity contribution in [3.63, 3.8) is 0 Å². The molecule has 1 fully saturated rings. The van der Waals surface area contributed by atoms with E-state index in [1.54, 1.807) is 12.2 Å². The average molecular weight is 419 g/mol. The maximum atomic E-state index is 9.94. The molecule has 0 aliphatic carbocycles. The predicted octanol–water partition coefficient (Wildman–Crippen LogP) is 3.32. The SMILES string of the molecule is Cc1cnc(Nc2ccc3c(c2)C(C(C)C)=CB(O)O3)nc1NC1COCC[C@H]1C#N. The lowest BCUT2D eigenvalue weighted by atomic mass is 9.78. The van der Waals surface area contributed by atoms with Crippen molar-refractivity contribution >= 4 is 30.1 Å². The van der Waals surface area contributed by atoms with Crippen LogP contribution in [-0.4, -0.2) is 41.4 Å². The Morgan fingerprint density at radius 2 is 2.19 bits per heavy atom. The van der Waals surface area contributed by atoms with E-state index < -0.39 is 7.12 Å². The Bertz CT molecular complexity index is 1040. The van der Waals surface area contributed by atoms with E-state index in [4.69, 9.17) is 9.39 Å². The zero-order valence-electron chi connectivity index (χ0n) is 17.9. The third-order valence-corrected chi connectivity index (χ3v) is 5.55. The van der Waals surface area contributed by atoms with Crippen molar-refractivity contribution in [3.8, 4) is 11.8 Å². The zero-order chi connectivity index (χ0) is 22.0. The molecule has 4 rings (SSSR count). The Morgan fingerprint density at radius 3 is 2.97 bits per heavy atom. The molecule has 2 aliphatic rings. The molecule has 0 radical (unpaired) electrons. The molecule has 2 aliphatic heterocycles. The quantitative estimate of drug-likeness (QED) is 0.633. The molecule has 8 nitrogen and oxygen atoms in total. The molecule has 0 amide bonds. The summed E-state index contributed by atoms with van der Waals surface area (Å²) in [5.41, 5.74) is 3.68. The van der Waals surface area contributed by atoms with Gasteiger partial charge in [-0.3, -0.25) is 0 Å². The van der Waals surface area contributed by atoms with Gasteiger partial charge in [-0.15, -0.1) is 0 Å². The van der Waals surface area contributed by atoms with Gasteiger partial charge < -0.3 is 25.0 Å². The largest absolute Gasteiger partial charge is 0.552 e. The second kappa shape index (κ2) is 8.96. The van der Waals surface area contributed by atoms with Crippen LogP contribution in [-0.2, 0) is 4.74 Å². The molecule has 1 saturated heterocycles. The second-order valence-corrected chi connectivity index (χ2v) is 8.20. The number of hydrogen-bond donors (Lipinski definition) is 3. The van der Waals surface area contributed by atoms with Gasteiger partial charge >= 0.3 is 7.12 Å². The first kappa shape index (κ1) is 21.2. The number of aryl methyl sites for hydroxylation is 1. The van der Waals surface area contributed by atoms with Crippen molar-refractivity contribution in [2.75, 3.05) is 23.8 Å². The fourth-order valence-electron chi connectivity index (χ4n) is 3.83. The number of hydrogen-bond acceptors (Lipinski definition) is 8. The van der Waals surface area contributed by atoms with Crippen LogP contribution in [0.3, 0.4) is 0 Å². The van der Waals surface area contributed by atoms with Crippen LogP contribution in [0.5, 0.6) is 5.75 Å². The molecule has 1 aromatic heterocycles. The van der Waals surface area contributed by atoms with Crippen molar-refractivity contribution in [1.82, 2.24) is 9.97 Å². The molecular formula is C22H26BN5O3. The van der Waals surface area contributed by atoms with E-state index in [0.29, 0.717) is 37.2 Å². The zero-order valence-corrected chi connectivity index (χ0v) is 17.9. The van der Waals surface area contributed by atoms with Gasteiger partial charge in [-0.05, 0) is 49.0 Å². The summed E-state index contributed by atoms with van der Waals surface area (Å²) in [7, 11) is -0.932. The number of allylic oxidation sites excluding steroid dienone is 1. The molecular weight excluding hydrogens is 393 g/mol. The van der Waals surface area contributed by atoms with Crippen molar-refractivity contribution in [1.29, 1.82) is 5.26 Å². The Hall–Kier alpha value is -3.09. The summed E-state index contributed by atoms with van der Waals surface area (Å²) in [5.74, 6) is 3.64. The van der Waals surface area contributed by atoms with E-state index in [-0.39, 0.29) is 17.9 Å². The molecule has 1 unspecified atom stereocenters. The van der Waals surface area contributed by atoms with Crippen molar-refractivity contribution in [3.05, 3.63) is 41.5 Å². The lowest BCUT2D eigenvalue weighted by Gasteiger charge is -2.28. The Kier molecular flexibility index (Phi) is 6.12. The lowest BCUT2D eigenvalue weighted by Crippen LogP contribution is -2.38. The smallest absolute Gasteiger partial charge is 0.532 e. The number of anilines is 3. The second-order valence-electron chi connectivity index (χ2n) is 8.20. The first-order chi connectivity index (χ1) is 14.9. The third-order valence-electron chi connectivity index (χ3n) is 5.55. The number of fused-ring (bicyclic) bond motifs is 1. The summed E-state index contributed by atoms with van der Waals surface area (Å²) in [6, 6.07) is 7.93. The van der Waals surface area contributed by atoms with Gasteiger partial charge in [-0.1, -0.05) is 13.8 Å². The third kappa shape index (κ3) is 4.65. The van der Waals surface area contributed by atoms with Crippen molar-refractivity contribution in [2.45, 2.75) is 33.2 Å². The first-order valence-corrected chi connectivity index (χ1v) is 10.5. The minimum Gasteiger partial charge on any atom is -0.532 e. The lowest BCUT2D eigenvalue weighted by molar-refractivity contribution is 0.0698. The minimum absolute atomic E-state index is 0.105. The first-order valence-electron chi connectivity index (χ1n) is 10.5. The number of rotatable bonds is 5. The van der Waals surface area contributed by atoms with E-state index in [1.807, 2.05) is 25.1 Å². The van der Waals surface area contributed by atoms with Crippen LogP contribution < -0.4 is 15.3 Å². The number of nitriles is 1. The molecule has 0 bridgehead atoms. The van der Waals surface area contributed by atoms with Crippen LogP contribution in [0.25, 0.3) is 5.57 Å². The molecule has 3 N–H and O–H groups in total. The van der Waals surface area contributed by atoms with Crippen LogP contribution in [0.1, 0.15) is 31.4 Å². The normalized spacial score (nSPS) is 20.4. The van der Waals surface area contributed by atoms with E-state index in [2.05, 4.69) is 40.5 Å². The van der Waals surface area contributed by atoms with Crippen LogP contribution >= 0.6 is 0 Å². The maximum absolute atomic E-state index is 9.94. The van der Waals surface area contributed by atoms with Crippen molar-refractivity contribution < 1.29 is 14.4 Å². The Labute approximate surface area is 182 Å². The molecule has 2 aromatic rings. The number of aromatic nitrogens is 2. The highest BCUT2D eigenvalue weighted by Gasteiger charge is 2.27. The Morgan fingerprint density at radius 1 is 1.35 bits per heavy atom. The monoisotopic (exact) mass is 419 g/mol. The molecule has 31 heavy (non-hydrogen) atoms. The van der Waals surface area contributed by atoms with Gasteiger partial charge in [-0.25, -0.2) is 4.98 Å². The highest BCUT2D eigenvalue weighted by Crippen LogP contribution is 2.37. The maximum Gasteiger partial charge on any atom is 0.552 e. The highest BCUT2D eigenvalue weighted by molar-refractivity contribution is 6.52. The summed E-state index contributed by atoms with van der Waals surface area (Å²) < 4.78 is 11.1. The van der Waals surface area contributed by atoms with Gasteiger partial charge in [0.25, 0.3) is 0 Å². The van der Waals surface area contributed by atoms with Gasteiger partial charge in [0.15, 0.2) is 0 Å². The topological polar surface area (TPSA) is 112 Å². The Balaban J connectivity index is 1.56. The molecule has 0 spiro atoms. The van der Waals surface area contributed by atoms with E-state index in [9.17, 15) is 10.3 Å². The van der Waals surface area contributed by atoms with Gasteiger partial charge in [0, 0.05) is 29.6 Å². The summed E-state index contributed by atoms with van der Waals surface area (Å²) in [6.45, 7) is 7.18. The predicted molar refractivity (Wildman–Crippen MR) is 120 cm³/mol. The highest BCUT2D eigenvalue weighted by atomic mass is 16.5. The van der Waals surface area contributed by atoms with Crippen LogP contribution in [0.2, 0.25) is 0 Å². The van der Waals surface area contributed by atoms with Gasteiger partial charge in [0.1, 0.15) is 11.6 Å². The van der Waals surface area contributed by atoms with Gasteiger partial charge in [0.05, 0.1) is 24.6 Å². The molecule has 1 aromatic carbocycles. The van der Waals surface area contributed by atoms with Gasteiger partial charge in [-0.2, -0.15) is 10.2 Å². The molecule has 0 saturated carbocycles. The van der Waals surface area contributed by atoms with Crippen LogP contribution in [0.15, 0.2) is 30.4 Å². The van der Waals surface area contributed by atoms with Gasteiger partial charge in [0.2, 0.25) is 5.95 Å². The average Bonchev–Trinajstić information content (AvgIpc) is 2.76. The number of benzene rings is 1. The van der Waals surface area contributed by atoms with E-state index >= 15 is 0 Å². The minimum atomic E-state index is -0.932. The summed E-state index contributed by atoms with van der Waals surface area (Å²) >= 11 is 0. The number of nitrogens with one attached hydrogen (secondary N) is 2. The summed E-state index contributed by atoms with van der Waals surface area (Å²) in [4.78, 5) is 9.02. The summed E-state index contributed by atoms with van der Waals surface area (Å²) in [6.07, 6.45) is 2.46. The summed E-state index contributed by atoms with van der Waals surface area (Å²) in [5, 5.41) is 26.0. The molecule has 9 heteroatoms. The van der Waals surface area contributed by atoms with E-state index in [1.165, 1.54) is 0 Å². The molecule has 2 atom stereocenters. The fourth-order valence-corrected chi connectivity index (χ4v) is 3.83. The van der Waals surface area contributed by atoms with Crippen LogP contribution in [0.4, 0.5) is 17.5 Å². The molecule has 160 valence electrons. The standard InChI is InChI=1S/C22H26BN5O3/c1-13(2)18-9-23(29)31-20-5-4-16(8-17(18)20)26-22-25-11-14(3)21(28-22)27-19-12-30-7-6-15(19)10-24/h4-5,8-9,11,13,15,19,29H,6-7,12H2,1-3H3,(H2,25,26,27,28)/t15-,19?/m0/s1. The molecule has 3 heterocycles. The number of ether oxygens (including phenoxy) is 1. The van der Waals surface area contributed by atoms with E-state index in [0.717, 1.165) is 22.4 Å². The van der Waals surface area contributed by atoms with Crippen LogP contribution in [0, 0.1) is 30.1 Å². The number of nitrogens with zero attached hydrogens (tertiary/aromatic N) is 3. The van der Waals surface area contributed by atoms with Crippen molar-refractivity contribution in [2.24, 2.45) is 11.8 Å². The fraction of sp³-hybridized carbons (Fsp3) is 0.409.